The smallest absolute Gasteiger partial charge is 0.220 e. The van der Waals surface area contributed by atoms with Crippen LogP contribution in [0, 0.1) is 0 Å². The number of nitrogens with one attached hydrogen (secondary N) is 1. The van der Waals surface area contributed by atoms with Crippen molar-refractivity contribution in [1.29, 1.82) is 0 Å². The molecule has 2 aromatic carbocycles. The van der Waals surface area contributed by atoms with Gasteiger partial charge in [0, 0.05) is 18.5 Å². The van der Waals surface area contributed by atoms with E-state index in [-0.39, 0.29) is 11.9 Å². The number of carbonyl (C=O) groups is 1. The summed E-state index contributed by atoms with van der Waals surface area (Å²) >= 11 is 0. The first-order valence-corrected chi connectivity index (χ1v) is 8.74. The van der Waals surface area contributed by atoms with Crippen molar-refractivity contribution in [3.05, 3.63) is 59.7 Å². The minimum atomic E-state index is 0.0256. The molecule has 0 saturated carbocycles. The number of hydrogen-bond acceptors (Lipinski definition) is 4. The molecule has 2 aromatic rings. The lowest BCUT2D eigenvalue weighted by Gasteiger charge is -2.26. The van der Waals surface area contributed by atoms with Gasteiger partial charge in [0.25, 0.3) is 0 Å². The van der Waals surface area contributed by atoms with Gasteiger partial charge in [-0.05, 0) is 38.2 Å². The zero-order valence-corrected chi connectivity index (χ0v) is 16.0. The van der Waals surface area contributed by atoms with E-state index >= 15 is 0 Å². The van der Waals surface area contributed by atoms with E-state index in [1.165, 1.54) is 0 Å². The van der Waals surface area contributed by atoms with Crippen molar-refractivity contribution in [2.75, 3.05) is 34.9 Å². The summed E-state index contributed by atoms with van der Waals surface area (Å²) in [4.78, 5) is 14.4. The van der Waals surface area contributed by atoms with Crippen LogP contribution in [-0.2, 0) is 11.2 Å². The Morgan fingerprint density at radius 1 is 1.00 bits per heavy atom. The van der Waals surface area contributed by atoms with E-state index in [4.69, 9.17) is 9.47 Å². The van der Waals surface area contributed by atoms with Gasteiger partial charge in [-0.3, -0.25) is 4.79 Å². The zero-order chi connectivity index (χ0) is 18.9. The summed E-state index contributed by atoms with van der Waals surface area (Å²) in [5.74, 6) is 1.67. The van der Waals surface area contributed by atoms with Gasteiger partial charge >= 0.3 is 0 Å². The normalized spacial score (nSPS) is 11.9. The van der Waals surface area contributed by atoms with Crippen LogP contribution >= 0.6 is 0 Å². The number of para-hydroxylation sites is 2. The number of methoxy groups -OCH3 is 2. The molecule has 1 unspecified atom stereocenters. The van der Waals surface area contributed by atoms with Crippen LogP contribution in [0.3, 0.4) is 0 Å². The maximum atomic E-state index is 12.3. The maximum absolute atomic E-state index is 12.3. The highest BCUT2D eigenvalue weighted by molar-refractivity contribution is 5.76. The molecule has 0 saturated heterocycles. The fraction of sp³-hybridized carbons (Fsp3) is 0.381. The molecule has 5 heteroatoms. The molecule has 5 nitrogen and oxygen atoms in total. The van der Waals surface area contributed by atoms with Crippen LogP contribution in [0.4, 0.5) is 0 Å². The Hall–Kier alpha value is -2.53. The molecule has 0 radical (unpaired) electrons. The van der Waals surface area contributed by atoms with E-state index in [2.05, 4.69) is 10.2 Å². The van der Waals surface area contributed by atoms with Crippen LogP contribution < -0.4 is 14.8 Å². The van der Waals surface area contributed by atoms with E-state index in [1.54, 1.807) is 14.2 Å². The van der Waals surface area contributed by atoms with E-state index in [9.17, 15) is 4.79 Å². The maximum Gasteiger partial charge on any atom is 0.220 e. The molecule has 0 aromatic heterocycles. The average Bonchev–Trinajstić information content (AvgIpc) is 2.66. The number of ether oxygens (including phenoxy) is 2. The van der Waals surface area contributed by atoms with Crippen LogP contribution in [0.1, 0.15) is 23.6 Å². The summed E-state index contributed by atoms with van der Waals surface area (Å²) in [6, 6.07) is 15.7. The van der Waals surface area contributed by atoms with Crippen LogP contribution in [0.15, 0.2) is 48.5 Å². The molecule has 0 heterocycles. The minimum Gasteiger partial charge on any atom is -0.496 e. The van der Waals surface area contributed by atoms with Crippen molar-refractivity contribution in [3.8, 4) is 11.5 Å². The number of likely N-dealkylation sites (N-methyl/N-ethyl adjacent to an activating group) is 1. The third-order valence-electron chi connectivity index (χ3n) is 4.43. The fourth-order valence-corrected chi connectivity index (χ4v) is 2.97. The molecule has 1 atom stereocenters. The van der Waals surface area contributed by atoms with E-state index < -0.39 is 0 Å². The zero-order valence-electron chi connectivity index (χ0n) is 16.0. The third-order valence-corrected chi connectivity index (χ3v) is 4.43. The summed E-state index contributed by atoms with van der Waals surface area (Å²) < 4.78 is 10.8. The summed E-state index contributed by atoms with van der Waals surface area (Å²) in [7, 11) is 7.31. The second-order valence-corrected chi connectivity index (χ2v) is 6.34. The SMILES string of the molecule is COc1ccccc1CCC(=O)NCC(c1ccccc1OC)N(C)C. The number of benzene rings is 2. The highest BCUT2D eigenvalue weighted by atomic mass is 16.5. The Morgan fingerprint density at radius 3 is 2.27 bits per heavy atom. The van der Waals surface area contributed by atoms with Gasteiger partial charge in [-0.25, -0.2) is 0 Å². The number of amides is 1. The highest BCUT2D eigenvalue weighted by Gasteiger charge is 2.19. The Labute approximate surface area is 155 Å². The summed E-state index contributed by atoms with van der Waals surface area (Å²) in [5, 5.41) is 3.04. The van der Waals surface area contributed by atoms with Crippen molar-refractivity contribution in [3.63, 3.8) is 0 Å². The summed E-state index contributed by atoms with van der Waals surface area (Å²) in [6.07, 6.45) is 1.07. The second-order valence-electron chi connectivity index (χ2n) is 6.34. The standard InChI is InChI=1S/C21H28N2O3/c1-23(2)18(17-10-6-8-12-20(17)26-4)15-22-21(24)14-13-16-9-5-7-11-19(16)25-3/h5-12,18H,13-15H2,1-4H3,(H,22,24). The predicted octanol–water partition coefficient (Wildman–Crippen LogP) is 3.06. The molecule has 0 bridgehead atoms. The molecule has 140 valence electrons. The van der Waals surface area contributed by atoms with E-state index in [0.717, 1.165) is 22.6 Å². The van der Waals surface area contributed by atoms with Crippen molar-refractivity contribution >= 4 is 5.91 Å². The number of carbonyl (C=O) groups excluding carboxylic acids is 1. The van der Waals surface area contributed by atoms with Crippen molar-refractivity contribution in [1.82, 2.24) is 10.2 Å². The van der Waals surface area contributed by atoms with Gasteiger partial charge in [0.15, 0.2) is 0 Å². The second kappa shape index (κ2) is 9.82. The molecule has 0 spiro atoms. The lowest BCUT2D eigenvalue weighted by molar-refractivity contribution is -0.121. The van der Waals surface area contributed by atoms with Crippen LogP contribution in [0.2, 0.25) is 0 Å². The van der Waals surface area contributed by atoms with Crippen molar-refractivity contribution in [2.24, 2.45) is 0 Å². The molecule has 0 fully saturated rings. The molecule has 26 heavy (non-hydrogen) atoms. The third kappa shape index (κ3) is 5.23. The molecule has 0 aliphatic rings. The summed E-state index contributed by atoms with van der Waals surface area (Å²) in [6.45, 7) is 0.526. The quantitative estimate of drug-likeness (QED) is 0.750. The van der Waals surface area contributed by atoms with E-state index in [1.807, 2.05) is 62.6 Å². The highest BCUT2D eigenvalue weighted by Crippen LogP contribution is 2.27. The fourth-order valence-electron chi connectivity index (χ4n) is 2.97. The Kier molecular flexibility index (Phi) is 7.48. The van der Waals surface area contributed by atoms with Gasteiger partial charge in [0.2, 0.25) is 5.91 Å². The Morgan fingerprint density at radius 2 is 1.62 bits per heavy atom. The molecular weight excluding hydrogens is 328 g/mol. The Bertz CT molecular complexity index is 716. The molecule has 1 N–H and O–H groups in total. The minimum absolute atomic E-state index is 0.0256. The van der Waals surface area contributed by atoms with Gasteiger partial charge in [0.05, 0.1) is 20.3 Å². The first kappa shape index (κ1) is 19.8. The molecule has 1 amide bonds. The first-order valence-electron chi connectivity index (χ1n) is 8.74. The topological polar surface area (TPSA) is 50.8 Å². The lowest BCUT2D eigenvalue weighted by atomic mass is 10.0. The van der Waals surface area contributed by atoms with Gasteiger partial charge in [-0.2, -0.15) is 0 Å². The Balaban J connectivity index is 1.95. The van der Waals surface area contributed by atoms with Gasteiger partial charge < -0.3 is 19.7 Å². The number of nitrogens with zero attached hydrogens (tertiary/aromatic N) is 1. The average molecular weight is 356 g/mol. The molecular formula is C21H28N2O3. The van der Waals surface area contributed by atoms with Crippen molar-refractivity contribution in [2.45, 2.75) is 18.9 Å². The first-order chi connectivity index (χ1) is 12.6. The molecule has 0 aliphatic carbocycles. The van der Waals surface area contributed by atoms with Crippen LogP contribution in [-0.4, -0.2) is 45.7 Å². The number of hydrogen-bond donors (Lipinski definition) is 1. The number of aryl methyl sites for hydroxylation is 1. The van der Waals surface area contributed by atoms with Crippen LogP contribution in [0.5, 0.6) is 11.5 Å². The predicted molar refractivity (Wildman–Crippen MR) is 104 cm³/mol. The lowest BCUT2D eigenvalue weighted by Crippen LogP contribution is -2.34. The van der Waals surface area contributed by atoms with Crippen molar-refractivity contribution < 1.29 is 14.3 Å². The van der Waals surface area contributed by atoms with Gasteiger partial charge in [0.1, 0.15) is 11.5 Å². The van der Waals surface area contributed by atoms with Crippen LogP contribution in [0.25, 0.3) is 0 Å². The largest absolute Gasteiger partial charge is 0.496 e. The molecule has 0 aliphatic heterocycles. The molecule has 2 rings (SSSR count). The summed E-state index contributed by atoms with van der Waals surface area (Å²) in [5.41, 5.74) is 2.10. The van der Waals surface area contributed by atoms with Gasteiger partial charge in [-0.1, -0.05) is 36.4 Å². The van der Waals surface area contributed by atoms with E-state index in [0.29, 0.717) is 19.4 Å². The monoisotopic (exact) mass is 356 g/mol. The van der Waals surface area contributed by atoms with Gasteiger partial charge in [-0.15, -0.1) is 0 Å². The number of rotatable bonds is 9.